The molecule has 0 spiro atoms. The summed E-state index contributed by atoms with van der Waals surface area (Å²) in [4.78, 5) is 0. The topological polar surface area (TPSA) is 464 Å². The van der Waals surface area contributed by atoms with Crippen LogP contribution in [0.25, 0.3) is 0 Å². The predicted octanol–water partition coefficient (Wildman–Crippen LogP) is -5.04. The molecular formula is C69H96O36. The molecule has 19 aliphatic rings. The molecule has 0 amide bonds. The van der Waals surface area contributed by atoms with Crippen LogP contribution in [0.4, 0.5) is 0 Å². The number of methoxy groups -OCH3 is 6. The molecule has 6 fully saturated rings. The van der Waals surface area contributed by atoms with Crippen LogP contribution in [0.5, 0.6) is 34.5 Å². The van der Waals surface area contributed by atoms with Gasteiger partial charge in [0.1, 0.15) is 166 Å². The standard InChI is InChI=1S/C69H96O36/c1-82-22-40-58-46(70)52(76)64(94-40)103-61-43-25-88-7-10-91-37-19-31-13-30-18-36(87-6)39-21-33(30)15-29-17-35(86-5)38(20-32(29)14-28(31)16-34(37)85-4)92-11-8-89-26-44-62(49(73)55(79)67(97-44)100-58)104-65-53(77)47(71)60(42(95-65)24-84-3)102-69-57(81)51(75)63(45(99-69)27-90-9-12-93-39)105-66-54(78)48(72)59(41(96-66)23-83-2)101-68(98-43)56(80)50(61)74/h16-21,40-81H,7-15,22-27H2,1-6H3. The number of hydrogen-bond acceptors (Lipinski definition) is 36. The van der Waals surface area contributed by atoms with Crippen LogP contribution in [0.15, 0.2) is 36.4 Å². The maximum Gasteiger partial charge on any atom is 0.187 e. The van der Waals surface area contributed by atoms with Gasteiger partial charge >= 0.3 is 0 Å². The van der Waals surface area contributed by atoms with Crippen LogP contribution in [0.3, 0.4) is 0 Å². The predicted molar refractivity (Wildman–Crippen MR) is 345 cm³/mol. The molecule has 18 heterocycles. The van der Waals surface area contributed by atoms with Crippen molar-refractivity contribution in [3.05, 3.63) is 69.8 Å². The van der Waals surface area contributed by atoms with Crippen molar-refractivity contribution < 1.29 is 175 Å². The van der Waals surface area contributed by atoms with Crippen LogP contribution in [0.1, 0.15) is 33.4 Å². The van der Waals surface area contributed by atoms with Crippen LogP contribution in [0, 0.1) is 0 Å². The van der Waals surface area contributed by atoms with E-state index in [1.165, 1.54) is 42.7 Å². The zero-order chi connectivity index (χ0) is 74.1. The first-order valence-corrected chi connectivity index (χ1v) is 34.9. The van der Waals surface area contributed by atoms with Crippen molar-refractivity contribution in [2.75, 3.05) is 122 Å². The fourth-order valence-electron chi connectivity index (χ4n) is 14.9. The number of aliphatic hydroxyl groups excluding tert-OH is 12. The number of benzene rings is 3. The highest BCUT2D eigenvalue weighted by Crippen LogP contribution is 2.44. The van der Waals surface area contributed by atoms with Crippen LogP contribution >= 0.6 is 0 Å². The summed E-state index contributed by atoms with van der Waals surface area (Å²) in [5.74, 6) is 2.07. The van der Waals surface area contributed by atoms with Gasteiger partial charge in [-0.2, -0.15) is 0 Å². The normalized spacial score (nSPS) is 41.4. The molecule has 0 saturated carbocycles. The Morgan fingerprint density at radius 1 is 0.276 bits per heavy atom. The highest BCUT2D eigenvalue weighted by Gasteiger charge is 2.59. The van der Waals surface area contributed by atoms with Gasteiger partial charge < -0.3 is 175 Å². The number of rotatable bonds is 9. The molecule has 18 aliphatic heterocycles. The first kappa shape index (κ1) is 78.4. The lowest BCUT2D eigenvalue weighted by Crippen LogP contribution is -2.69. The van der Waals surface area contributed by atoms with Crippen molar-refractivity contribution >= 4 is 0 Å². The Hall–Kier alpha value is -4.74. The molecule has 21 bridgehead atoms. The van der Waals surface area contributed by atoms with Crippen LogP contribution < -0.4 is 28.4 Å². The summed E-state index contributed by atoms with van der Waals surface area (Å²) in [7, 11) is 8.35. The first-order chi connectivity index (χ1) is 50.7. The van der Waals surface area contributed by atoms with Crippen molar-refractivity contribution in [1.82, 2.24) is 0 Å². The van der Waals surface area contributed by atoms with Gasteiger partial charge in [-0.05, 0) is 89.0 Å². The minimum atomic E-state index is -2.11. The van der Waals surface area contributed by atoms with Gasteiger partial charge in [0.15, 0.2) is 72.2 Å². The average molecular weight is 1500 g/mol. The van der Waals surface area contributed by atoms with Crippen LogP contribution in [-0.4, -0.2) is 367 Å². The van der Waals surface area contributed by atoms with Crippen molar-refractivity contribution in [3.63, 3.8) is 0 Å². The highest BCUT2D eigenvalue weighted by molar-refractivity contribution is 5.58. The Morgan fingerprint density at radius 2 is 0.505 bits per heavy atom. The summed E-state index contributed by atoms with van der Waals surface area (Å²) in [5, 5.41) is 146. The third-order valence-corrected chi connectivity index (χ3v) is 20.5. The van der Waals surface area contributed by atoms with Crippen molar-refractivity contribution in [1.29, 1.82) is 0 Å². The second kappa shape index (κ2) is 34.7. The summed E-state index contributed by atoms with van der Waals surface area (Å²) in [6, 6.07) is 11.2. The van der Waals surface area contributed by atoms with E-state index in [9.17, 15) is 61.3 Å². The summed E-state index contributed by atoms with van der Waals surface area (Å²) < 4.78 is 149. The Bertz CT molecular complexity index is 2980. The Kier molecular flexibility index (Phi) is 25.9. The SMILES string of the molecule is COCC1OC2OC3C4COCCOc5cc6c(cc5OC)Cc5cc7c(OC)cc5Cc5cc(c(OC)cc5C6)OCCOCC5OC(OC6C(COC)OC(OC8C(COCCO7)OC(OC1C(O)C2O)C(O)C8O)C(O)C6O)C(O)C(O)C5OC1OC(COC)C(OC(O4)C(O)C3O)C(O)C1O. The molecule has 3 aromatic carbocycles. The molecular weight excluding hydrogens is 1400 g/mol. The van der Waals surface area contributed by atoms with E-state index in [-0.39, 0.29) is 39.6 Å². The average Bonchev–Trinajstić information content (AvgIpc) is 0.809. The fourth-order valence-corrected chi connectivity index (χ4v) is 14.9. The van der Waals surface area contributed by atoms with E-state index < -0.39 is 224 Å². The van der Waals surface area contributed by atoms with Crippen LogP contribution in [0.2, 0.25) is 0 Å². The van der Waals surface area contributed by atoms with Gasteiger partial charge in [-0.3, -0.25) is 0 Å². The van der Waals surface area contributed by atoms with E-state index in [0.29, 0.717) is 53.8 Å². The Morgan fingerprint density at radius 3 is 0.752 bits per heavy atom. The monoisotopic (exact) mass is 1500 g/mol. The molecule has 30 unspecified atom stereocenters. The second-order valence-electron chi connectivity index (χ2n) is 27.2. The van der Waals surface area contributed by atoms with Crippen molar-refractivity contribution in [2.45, 2.75) is 203 Å². The number of ether oxygens (including phenoxy) is 24. The number of aliphatic hydroxyl groups is 12. The fraction of sp³-hybridized carbons (Fsp3) is 0.739. The summed E-state index contributed by atoms with van der Waals surface area (Å²) in [6.07, 6.45) is -54.9. The van der Waals surface area contributed by atoms with E-state index in [0.717, 1.165) is 33.4 Å². The molecule has 588 valence electrons. The van der Waals surface area contributed by atoms with E-state index in [1.54, 1.807) is 0 Å². The molecule has 36 nitrogen and oxygen atoms in total. The maximum absolute atomic E-state index is 12.3. The smallest absolute Gasteiger partial charge is 0.187 e. The zero-order valence-electron chi connectivity index (χ0n) is 58.6. The van der Waals surface area contributed by atoms with Gasteiger partial charge in [0, 0.05) is 21.3 Å². The van der Waals surface area contributed by atoms with Gasteiger partial charge in [0.2, 0.25) is 0 Å². The highest BCUT2D eigenvalue weighted by atomic mass is 16.8. The third-order valence-electron chi connectivity index (χ3n) is 20.5. The zero-order valence-corrected chi connectivity index (χ0v) is 58.6. The van der Waals surface area contributed by atoms with Crippen LogP contribution in [-0.2, 0) is 105 Å². The molecule has 6 saturated heterocycles. The van der Waals surface area contributed by atoms with Crippen molar-refractivity contribution in [2.24, 2.45) is 0 Å². The van der Waals surface area contributed by atoms with E-state index in [1.807, 2.05) is 36.4 Å². The number of hydrogen-bond donors (Lipinski definition) is 12. The minimum Gasteiger partial charge on any atom is -0.493 e. The van der Waals surface area contributed by atoms with E-state index in [2.05, 4.69) is 0 Å². The van der Waals surface area contributed by atoms with E-state index >= 15 is 0 Å². The second-order valence-corrected chi connectivity index (χ2v) is 27.2. The summed E-state index contributed by atoms with van der Waals surface area (Å²) in [5.41, 5.74) is 4.98. The van der Waals surface area contributed by atoms with Crippen molar-refractivity contribution in [3.8, 4) is 34.5 Å². The Labute approximate surface area is 602 Å². The molecule has 12 N–H and O–H groups in total. The first-order valence-electron chi connectivity index (χ1n) is 34.9. The molecule has 3 aromatic rings. The quantitative estimate of drug-likeness (QED) is 0.0746. The van der Waals surface area contributed by atoms with Gasteiger partial charge in [0.25, 0.3) is 0 Å². The van der Waals surface area contributed by atoms with Gasteiger partial charge in [0.05, 0.1) is 80.8 Å². The lowest BCUT2D eigenvalue weighted by Gasteiger charge is -2.51. The Balaban J connectivity index is 0.963. The molecule has 1 aliphatic carbocycles. The molecule has 0 radical (unpaired) electrons. The van der Waals surface area contributed by atoms with E-state index in [4.69, 9.17) is 114 Å². The molecule has 36 heteroatoms. The van der Waals surface area contributed by atoms with Gasteiger partial charge in [-0.25, -0.2) is 0 Å². The molecule has 22 rings (SSSR count). The third kappa shape index (κ3) is 16.5. The minimum absolute atomic E-state index is 0.135. The van der Waals surface area contributed by atoms with Gasteiger partial charge in [-0.1, -0.05) is 0 Å². The lowest BCUT2D eigenvalue weighted by atomic mass is 9.94. The lowest BCUT2D eigenvalue weighted by molar-refractivity contribution is -0.404. The summed E-state index contributed by atoms with van der Waals surface area (Å²) in [6.45, 7) is -3.77. The largest absolute Gasteiger partial charge is 0.493 e. The molecule has 30 atom stereocenters. The molecule has 0 aromatic heterocycles. The van der Waals surface area contributed by atoms with Gasteiger partial charge in [-0.15, -0.1) is 0 Å². The maximum atomic E-state index is 12.3. The summed E-state index contributed by atoms with van der Waals surface area (Å²) >= 11 is 0. The molecule has 105 heavy (non-hydrogen) atoms.